The summed E-state index contributed by atoms with van der Waals surface area (Å²) in [6.45, 7) is 1.55. The number of halogens is 4. The van der Waals surface area contributed by atoms with Gasteiger partial charge in [0.2, 0.25) is 0 Å². The van der Waals surface area contributed by atoms with Gasteiger partial charge in [-0.3, -0.25) is 4.79 Å². The molecule has 0 fully saturated rings. The summed E-state index contributed by atoms with van der Waals surface area (Å²) in [6.07, 6.45) is -2.53. The van der Waals surface area contributed by atoms with Crippen molar-refractivity contribution in [2.45, 2.75) is 13.3 Å². The van der Waals surface area contributed by atoms with Gasteiger partial charge in [-0.05, 0) is 34.5 Å². The van der Waals surface area contributed by atoms with Crippen LogP contribution in [0, 0.1) is 6.92 Å². The van der Waals surface area contributed by atoms with Gasteiger partial charge in [-0.2, -0.15) is 0 Å². The van der Waals surface area contributed by atoms with Crippen molar-refractivity contribution >= 4 is 37.8 Å². The Hall–Kier alpha value is -0.490. The van der Waals surface area contributed by atoms with Crippen LogP contribution in [0.2, 0.25) is 0 Å². The second-order valence-electron chi connectivity index (χ2n) is 3.77. The summed E-state index contributed by atoms with van der Waals surface area (Å²) in [5.74, 6) is -0.384. The third-order valence-corrected chi connectivity index (χ3v) is 3.83. The first-order valence-corrected chi connectivity index (χ1v) is 7.27. The van der Waals surface area contributed by atoms with Crippen LogP contribution in [0.1, 0.15) is 15.9 Å². The van der Waals surface area contributed by atoms with Crippen molar-refractivity contribution in [2.24, 2.45) is 0 Å². The molecule has 18 heavy (non-hydrogen) atoms. The largest absolute Gasteiger partial charge is 0.332 e. The average Bonchev–Trinajstić information content (AvgIpc) is 2.31. The zero-order chi connectivity index (χ0) is 13.7. The molecule has 0 saturated heterocycles. The van der Waals surface area contributed by atoms with Gasteiger partial charge in [0.05, 0.1) is 12.1 Å². The Morgan fingerprint density at radius 3 is 2.67 bits per heavy atom. The molecule has 0 unspecified atom stereocenters. The number of benzene rings is 1. The minimum absolute atomic E-state index is 0.254. The van der Waals surface area contributed by atoms with Crippen LogP contribution < -0.4 is 0 Å². The molecule has 1 amide bonds. The number of carbonyl (C=O) groups is 1. The molecule has 0 radical (unpaired) electrons. The Bertz CT molecular complexity index is 427. The third kappa shape index (κ3) is 4.02. The minimum atomic E-state index is -2.53. The molecule has 0 atom stereocenters. The molecule has 0 saturated carbocycles. The number of aryl methyl sites for hydroxylation is 1. The number of hydrogen-bond acceptors (Lipinski definition) is 1. The van der Waals surface area contributed by atoms with Gasteiger partial charge in [-0.15, -0.1) is 0 Å². The highest BCUT2D eigenvalue weighted by Gasteiger charge is 2.21. The molecule has 2 nitrogen and oxygen atoms in total. The van der Waals surface area contributed by atoms with Crippen LogP contribution in [-0.4, -0.2) is 35.7 Å². The maximum Gasteiger partial charge on any atom is 0.255 e. The van der Waals surface area contributed by atoms with Crippen molar-refractivity contribution in [2.75, 3.05) is 18.4 Å². The van der Waals surface area contributed by atoms with Crippen LogP contribution in [-0.2, 0) is 0 Å². The molecule has 0 heterocycles. The smallest absolute Gasteiger partial charge is 0.255 e. The van der Waals surface area contributed by atoms with Crippen LogP contribution >= 0.6 is 31.9 Å². The molecule has 1 rings (SSSR count). The van der Waals surface area contributed by atoms with Crippen molar-refractivity contribution in [3.8, 4) is 0 Å². The summed E-state index contributed by atoms with van der Waals surface area (Å²) in [7, 11) is 0. The molecule has 100 valence electrons. The van der Waals surface area contributed by atoms with Gasteiger partial charge in [0.1, 0.15) is 0 Å². The molecule has 0 aliphatic carbocycles. The molecular weight excluding hydrogens is 372 g/mol. The van der Waals surface area contributed by atoms with Crippen molar-refractivity contribution in [1.82, 2.24) is 4.90 Å². The lowest BCUT2D eigenvalue weighted by molar-refractivity contribution is 0.0571. The molecule has 0 bridgehead atoms. The van der Waals surface area contributed by atoms with Gasteiger partial charge in [-0.1, -0.05) is 28.1 Å². The normalized spacial score (nSPS) is 10.8. The number of amides is 1. The van der Waals surface area contributed by atoms with E-state index in [1.807, 2.05) is 13.0 Å². The lowest BCUT2D eigenvalue weighted by Crippen LogP contribution is -2.36. The van der Waals surface area contributed by atoms with E-state index in [0.717, 1.165) is 10.5 Å². The average molecular weight is 385 g/mol. The standard InChI is InChI=1S/C12H13Br2F2NO/c1-8-3-2-4-9(11(8)14)12(18)17(6-5-13)7-10(15)16/h2-4,10H,5-7H2,1H3. The van der Waals surface area contributed by atoms with E-state index in [2.05, 4.69) is 31.9 Å². The Labute approximate surface area is 122 Å². The number of carbonyl (C=O) groups excluding carboxylic acids is 1. The van der Waals surface area contributed by atoms with Gasteiger partial charge in [-0.25, -0.2) is 8.78 Å². The maximum absolute atomic E-state index is 12.4. The van der Waals surface area contributed by atoms with Gasteiger partial charge >= 0.3 is 0 Å². The first kappa shape index (κ1) is 15.6. The van der Waals surface area contributed by atoms with E-state index >= 15 is 0 Å². The summed E-state index contributed by atoms with van der Waals surface area (Å²) in [4.78, 5) is 13.3. The number of alkyl halides is 3. The zero-order valence-electron chi connectivity index (χ0n) is 9.80. The SMILES string of the molecule is Cc1cccc(C(=O)N(CCBr)CC(F)F)c1Br. The van der Waals surface area contributed by atoms with Crippen molar-refractivity contribution in [1.29, 1.82) is 0 Å². The van der Waals surface area contributed by atoms with Crippen LogP contribution in [0.3, 0.4) is 0 Å². The van der Waals surface area contributed by atoms with E-state index in [9.17, 15) is 13.6 Å². The summed E-state index contributed by atoms with van der Waals surface area (Å²) in [5.41, 5.74) is 1.31. The van der Waals surface area contributed by atoms with Crippen LogP contribution in [0.25, 0.3) is 0 Å². The Balaban J connectivity index is 2.98. The van der Waals surface area contributed by atoms with Crippen molar-refractivity contribution < 1.29 is 13.6 Å². The van der Waals surface area contributed by atoms with Gasteiger partial charge in [0.15, 0.2) is 0 Å². The predicted molar refractivity (Wildman–Crippen MR) is 74.6 cm³/mol. The topological polar surface area (TPSA) is 20.3 Å². The zero-order valence-corrected chi connectivity index (χ0v) is 13.0. The minimum Gasteiger partial charge on any atom is -0.332 e. The molecule has 0 aliphatic rings. The Morgan fingerprint density at radius 2 is 2.11 bits per heavy atom. The first-order chi connectivity index (χ1) is 8.47. The Kier molecular flexibility index (Phi) is 6.21. The summed E-state index contributed by atoms with van der Waals surface area (Å²) in [6, 6.07) is 5.22. The number of rotatable bonds is 5. The lowest BCUT2D eigenvalue weighted by atomic mass is 10.1. The number of nitrogens with zero attached hydrogens (tertiary/aromatic N) is 1. The molecular formula is C12H13Br2F2NO. The quantitative estimate of drug-likeness (QED) is 0.706. The first-order valence-electron chi connectivity index (χ1n) is 5.36. The summed E-state index contributed by atoms with van der Waals surface area (Å²) < 4.78 is 25.5. The fraction of sp³-hybridized carbons (Fsp3) is 0.417. The highest BCUT2D eigenvalue weighted by molar-refractivity contribution is 9.10. The summed E-state index contributed by atoms with van der Waals surface area (Å²) >= 11 is 6.48. The van der Waals surface area contributed by atoms with E-state index < -0.39 is 13.0 Å². The van der Waals surface area contributed by atoms with E-state index in [1.165, 1.54) is 0 Å². The molecule has 0 spiro atoms. The van der Waals surface area contributed by atoms with E-state index in [1.54, 1.807) is 12.1 Å². The fourth-order valence-corrected chi connectivity index (χ4v) is 2.39. The van der Waals surface area contributed by atoms with E-state index in [0.29, 0.717) is 15.4 Å². The Morgan fingerprint density at radius 1 is 1.44 bits per heavy atom. The highest BCUT2D eigenvalue weighted by atomic mass is 79.9. The predicted octanol–water partition coefficient (Wildman–Crippen LogP) is 3.86. The van der Waals surface area contributed by atoms with Gasteiger partial charge < -0.3 is 4.90 Å². The molecule has 6 heteroatoms. The molecule has 1 aromatic carbocycles. The van der Waals surface area contributed by atoms with Gasteiger partial charge in [0, 0.05) is 16.3 Å². The molecule has 0 aromatic heterocycles. The number of hydrogen-bond donors (Lipinski definition) is 0. The second kappa shape index (κ2) is 7.19. The monoisotopic (exact) mass is 383 g/mol. The van der Waals surface area contributed by atoms with Gasteiger partial charge in [0.25, 0.3) is 12.3 Å². The summed E-state index contributed by atoms with van der Waals surface area (Å²) in [5, 5.41) is 0.467. The third-order valence-electron chi connectivity index (χ3n) is 2.42. The van der Waals surface area contributed by atoms with Crippen molar-refractivity contribution in [3.63, 3.8) is 0 Å². The maximum atomic E-state index is 12.4. The second-order valence-corrected chi connectivity index (χ2v) is 5.35. The van der Waals surface area contributed by atoms with Crippen molar-refractivity contribution in [3.05, 3.63) is 33.8 Å². The van der Waals surface area contributed by atoms with Crippen LogP contribution in [0.4, 0.5) is 8.78 Å². The molecule has 0 N–H and O–H groups in total. The van der Waals surface area contributed by atoms with E-state index in [4.69, 9.17) is 0 Å². The molecule has 0 aliphatic heterocycles. The van der Waals surface area contributed by atoms with Crippen LogP contribution in [0.15, 0.2) is 22.7 Å². The highest BCUT2D eigenvalue weighted by Crippen LogP contribution is 2.22. The van der Waals surface area contributed by atoms with E-state index in [-0.39, 0.29) is 12.5 Å². The van der Waals surface area contributed by atoms with Crippen LogP contribution in [0.5, 0.6) is 0 Å². The fourth-order valence-electron chi connectivity index (χ4n) is 1.53. The lowest BCUT2D eigenvalue weighted by Gasteiger charge is -2.22. The molecule has 1 aromatic rings.